The van der Waals surface area contributed by atoms with Crippen molar-refractivity contribution in [2.75, 3.05) is 18.0 Å². The Morgan fingerprint density at radius 2 is 2.03 bits per heavy atom. The van der Waals surface area contributed by atoms with Crippen molar-refractivity contribution in [1.29, 1.82) is 0 Å². The zero-order chi connectivity index (χ0) is 20.5. The molecule has 2 amide bonds. The number of carbonyl (C=O) groups excluding carboxylic acids is 2. The lowest BCUT2D eigenvalue weighted by Gasteiger charge is -2.18. The molecule has 1 fully saturated rings. The fourth-order valence-corrected chi connectivity index (χ4v) is 4.02. The first-order valence-corrected chi connectivity index (χ1v) is 10.2. The summed E-state index contributed by atoms with van der Waals surface area (Å²) in [5.41, 5.74) is 5.34. The molecule has 0 aliphatic carbocycles. The Balaban J connectivity index is 1.36. The second-order valence-corrected chi connectivity index (χ2v) is 8.16. The van der Waals surface area contributed by atoms with Crippen LogP contribution >= 0.6 is 11.6 Å². The Morgan fingerprint density at radius 3 is 2.83 bits per heavy atom. The van der Waals surface area contributed by atoms with Gasteiger partial charge in [-0.1, -0.05) is 17.7 Å². The number of rotatable bonds is 5. The standard InChI is InChI=1S/C23H24ClN3O2/c1-14-3-5-19(9-15(14)2)27-13-17(10-22(27)28)23(29)25-8-7-16-12-26-21-6-4-18(24)11-20(16)21/h3-6,9,11-12,17,26H,7-8,10,13H2,1-2H3,(H,25,29). The summed E-state index contributed by atoms with van der Waals surface area (Å²) in [6.07, 6.45) is 2.91. The maximum absolute atomic E-state index is 12.6. The molecule has 0 bridgehead atoms. The summed E-state index contributed by atoms with van der Waals surface area (Å²) >= 11 is 6.09. The minimum atomic E-state index is -0.318. The van der Waals surface area contributed by atoms with Crippen molar-refractivity contribution >= 4 is 40.0 Å². The van der Waals surface area contributed by atoms with Gasteiger partial charge in [-0.2, -0.15) is 0 Å². The number of aromatic amines is 1. The second kappa shape index (κ2) is 7.91. The van der Waals surface area contributed by atoms with Crippen LogP contribution in [0, 0.1) is 19.8 Å². The number of halogens is 1. The van der Waals surface area contributed by atoms with Crippen molar-refractivity contribution in [2.45, 2.75) is 26.7 Å². The largest absolute Gasteiger partial charge is 0.361 e. The summed E-state index contributed by atoms with van der Waals surface area (Å²) in [6, 6.07) is 11.7. The molecule has 150 valence electrons. The van der Waals surface area contributed by atoms with Crippen LogP contribution < -0.4 is 10.2 Å². The minimum absolute atomic E-state index is 0.000302. The number of benzene rings is 2. The molecule has 29 heavy (non-hydrogen) atoms. The number of nitrogens with one attached hydrogen (secondary N) is 2. The molecule has 5 nitrogen and oxygen atoms in total. The summed E-state index contributed by atoms with van der Waals surface area (Å²) in [5, 5.41) is 4.76. The van der Waals surface area contributed by atoms with Crippen molar-refractivity contribution in [3.05, 3.63) is 64.3 Å². The molecule has 3 aromatic rings. The second-order valence-electron chi connectivity index (χ2n) is 7.72. The number of aryl methyl sites for hydroxylation is 2. The number of carbonyl (C=O) groups is 2. The van der Waals surface area contributed by atoms with Gasteiger partial charge in [0.1, 0.15) is 0 Å². The molecule has 2 aromatic carbocycles. The van der Waals surface area contributed by atoms with Crippen molar-refractivity contribution in [1.82, 2.24) is 10.3 Å². The lowest BCUT2D eigenvalue weighted by Crippen LogP contribution is -2.34. The number of fused-ring (bicyclic) bond motifs is 1. The number of aromatic nitrogens is 1. The summed E-state index contributed by atoms with van der Waals surface area (Å²) in [7, 11) is 0. The first kappa shape index (κ1) is 19.5. The van der Waals surface area contributed by atoms with Crippen LogP contribution in [0.1, 0.15) is 23.1 Å². The molecule has 4 rings (SSSR count). The van der Waals surface area contributed by atoms with Crippen molar-refractivity contribution in [3.8, 4) is 0 Å². The molecular weight excluding hydrogens is 386 g/mol. The van der Waals surface area contributed by atoms with Gasteiger partial charge in [0, 0.05) is 47.3 Å². The molecule has 1 aliphatic heterocycles. The van der Waals surface area contributed by atoms with Gasteiger partial charge in [-0.3, -0.25) is 9.59 Å². The van der Waals surface area contributed by atoms with E-state index in [0.717, 1.165) is 27.7 Å². The first-order valence-electron chi connectivity index (χ1n) is 9.83. The number of nitrogens with zero attached hydrogens (tertiary/aromatic N) is 1. The van der Waals surface area contributed by atoms with Gasteiger partial charge in [-0.25, -0.2) is 0 Å². The summed E-state index contributed by atoms with van der Waals surface area (Å²) in [6.45, 7) is 5.02. The summed E-state index contributed by atoms with van der Waals surface area (Å²) in [5.74, 6) is -0.385. The topological polar surface area (TPSA) is 65.2 Å². The minimum Gasteiger partial charge on any atom is -0.361 e. The van der Waals surface area contributed by atoms with Crippen LogP contribution in [0.4, 0.5) is 5.69 Å². The Kier molecular flexibility index (Phi) is 5.33. The molecular formula is C23H24ClN3O2. The van der Waals surface area contributed by atoms with Crippen LogP contribution in [-0.4, -0.2) is 29.9 Å². The van der Waals surface area contributed by atoms with Crippen LogP contribution in [-0.2, 0) is 16.0 Å². The molecule has 2 N–H and O–H groups in total. The molecule has 0 spiro atoms. The summed E-state index contributed by atoms with van der Waals surface area (Å²) < 4.78 is 0. The van der Waals surface area contributed by atoms with E-state index in [-0.39, 0.29) is 24.2 Å². The van der Waals surface area contributed by atoms with Gasteiger partial charge >= 0.3 is 0 Å². The fourth-order valence-electron chi connectivity index (χ4n) is 3.85. The molecule has 2 heterocycles. The predicted molar refractivity (Wildman–Crippen MR) is 116 cm³/mol. The molecule has 0 radical (unpaired) electrons. The monoisotopic (exact) mass is 409 g/mol. The van der Waals surface area contributed by atoms with E-state index in [1.165, 1.54) is 5.56 Å². The normalized spacial score (nSPS) is 16.6. The quantitative estimate of drug-likeness (QED) is 0.664. The van der Waals surface area contributed by atoms with Gasteiger partial charge in [0.2, 0.25) is 11.8 Å². The summed E-state index contributed by atoms with van der Waals surface area (Å²) in [4.78, 5) is 30.0. The van der Waals surface area contributed by atoms with Crippen LogP contribution in [0.15, 0.2) is 42.6 Å². The van der Waals surface area contributed by atoms with E-state index in [9.17, 15) is 9.59 Å². The molecule has 1 saturated heterocycles. The third kappa shape index (κ3) is 4.01. The van der Waals surface area contributed by atoms with Gasteiger partial charge in [0.25, 0.3) is 0 Å². The lowest BCUT2D eigenvalue weighted by atomic mass is 10.1. The van der Waals surface area contributed by atoms with E-state index >= 15 is 0 Å². The highest BCUT2D eigenvalue weighted by atomic mass is 35.5. The smallest absolute Gasteiger partial charge is 0.227 e. The van der Waals surface area contributed by atoms with E-state index in [2.05, 4.69) is 10.3 Å². The molecule has 1 aliphatic rings. The van der Waals surface area contributed by atoms with Gasteiger partial charge in [0.15, 0.2) is 0 Å². The van der Waals surface area contributed by atoms with E-state index in [0.29, 0.717) is 24.5 Å². The van der Waals surface area contributed by atoms with E-state index in [4.69, 9.17) is 11.6 Å². The van der Waals surface area contributed by atoms with Crippen molar-refractivity contribution < 1.29 is 9.59 Å². The molecule has 6 heteroatoms. The van der Waals surface area contributed by atoms with Crippen LogP contribution in [0.2, 0.25) is 5.02 Å². The van der Waals surface area contributed by atoms with Crippen molar-refractivity contribution in [3.63, 3.8) is 0 Å². The van der Waals surface area contributed by atoms with Gasteiger partial charge < -0.3 is 15.2 Å². The molecule has 0 saturated carbocycles. The average molecular weight is 410 g/mol. The highest BCUT2D eigenvalue weighted by Crippen LogP contribution is 2.27. The van der Waals surface area contributed by atoms with Gasteiger partial charge in [-0.05, 0) is 67.3 Å². The Bertz CT molecular complexity index is 1090. The SMILES string of the molecule is Cc1ccc(N2CC(C(=O)NCCc3c[nH]c4ccc(Cl)cc34)CC2=O)cc1C. The number of hydrogen-bond acceptors (Lipinski definition) is 2. The number of H-pyrrole nitrogens is 1. The number of hydrogen-bond donors (Lipinski definition) is 2. The van der Waals surface area contributed by atoms with Crippen LogP contribution in [0.25, 0.3) is 10.9 Å². The average Bonchev–Trinajstić information content (AvgIpc) is 3.27. The van der Waals surface area contributed by atoms with Crippen LogP contribution in [0.3, 0.4) is 0 Å². The Hall–Kier alpha value is -2.79. The maximum Gasteiger partial charge on any atom is 0.227 e. The van der Waals surface area contributed by atoms with Crippen LogP contribution in [0.5, 0.6) is 0 Å². The van der Waals surface area contributed by atoms with E-state index < -0.39 is 0 Å². The maximum atomic E-state index is 12.6. The molecule has 1 unspecified atom stereocenters. The lowest BCUT2D eigenvalue weighted by molar-refractivity contribution is -0.126. The molecule has 1 atom stereocenters. The van der Waals surface area contributed by atoms with Gasteiger partial charge in [0.05, 0.1) is 5.92 Å². The highest BCUT2D eigenvalue weighted by Gasteiger charge is 2.35. The zero-order valence-electron chi connectivity index (χ0n) is 16.6. The first-order chi connectivity index (χ1) is 13.9. The third-order valence-corrected chi connectivity index (χ3v) is 5.96. The predicted octanol–water partition coefficient (Wildman–Crippen LogP) is 4.15. The Labute approximate surface area is 175 Å². The van der Waals surface area contributed by atoms with E-state index in [1.807, 2.05) is 56.4 Å². The third-order valence-electron chi connectivity index (χ3n) is 5.72. The van der Waals surface area contributed by atoms with Crippen molar-refractivity contribution in [2.24, 2.45) is 5.92 Å². The highest BCUT2D eigenvalue weighted by molar-refractivity contribution is 6.31. The number of amides is 2. The fraction of sp³-hybridized carbons (Fsp3) is 0.304. The number of anilines is 1. The molecule has 1 aromatic heterocycles. The van der Waals surface area contributed by atoms with E-state index in [1.54, 1.807) is 4.90 Å². The van der Waals surface area contributed by atoms with Gasteiger partial charge in [-0.15, -0.1) is 0 Å². The zero-order valence-corrected chi connectivity index (χ0v) is 17.3. The Morgan fingerprint density at radius 1 is 1.21 bits per heavy atom.